The van der Waals surface area contributed by atoms with Crippen molar-refractivity contribution in [3.05, 3.63) is 53.6 Å². The Morgan fingerprint density at radius 2 is 1.59 bits per heavy atom. The van der Waals surface area contributed by atoms with E-state index < -0.39 is 67.7 Å². The Bertz CT molecular complexity index is 1200. The number of hydrogen-bond donors (Lipinski definition) is 3. The van der Waals surface area contributed by atoms with Crippen molar-refractivity contribution >= 4 is 33.6 Å². The Balaban J connectivity index is 2.38. The molecule has 0 aliphatic rings. The summed E-state index contributed by atoms with van der Waals surface area (Å²) >= 11 is 0. The molecule has 0 aromatic heterocycles. The predicted octanol–water partition coefficient (Wildman–Crippen LogP) is 3.27. The van der Waals surface area contributed by atoms with Crippen LogP contribution in [0.2, 0.25) is 0 Å². The van der Waals surface area contributed by atoms with E-state index >= 15 is 0 Å². The van der Waals surface area contributed by atoms with Gasteiger partial charge in [-0.2, -0.15) is 13.2 Å². The van der Waals surface area contributed by atoms with Gasteiger partial charge in [0.2, 0.25) is 0 Å². The second-order valence-electron chi connectivity index (χ2n) is 8.05. The van der Waals surface area contributed by atoms with Gasteiger partial charge in [-0.1, -0.05) is 0 Å². The molecule has 34 heavy (non-hydrogen) atoms. The number of anilines is 1. The molecule has 0 atom stereocenters. The molecule has 9 nitrogen and oxygen atoms in total. The second kappa shape index (κ2) is 9.71. The third kappa shape index (κ3) is 6.94. The van der Waals surface area contributed by atoms with E-state index in [4.69, 9.17) is 9.84 Å². The molecule has 0 fully saturated rings. The van der Waals surface area contributed by atoms with E-state index in [2.05, 4.69) is 0 Å². The predicted molar refractivity (Wildman–Crippen MR) is 114 cm³/mol. The number of nitrogens with one attached hydrogen (secondary N) is 2. The fourth-order valence-corrected chi connectivity index (χ4v) is 3.48. The first-order valence-corrected chi connectivity index (χ1v) is 11.1. The van der Waals surface area contributed by atoms with Gasteiger partial charge in [0.05, 0.1) is 27.1 Å². The number of amides is 1. The quantitative estimate of drug-likeness (QED) is 0.390. The molecule has 0 saturated carbocycles. The van der Waals surface area contributed by atoms with Gasteiger partial charge < -0.3 is 15.2 Å². The highest BCUT2D eigenvalue weighted by Gasteiger charge is 2.32. The molecular weight excluding hydrogens is 481 g/mol. The van der Waals surface area contributed by atoms with Crippen molar-refractivity contribution in [2.75, 3.05) is 11.3 Å². The number of carbonyl (C=O) groups excluding carboxylic acids is 2. The Morgan fingerprint density at radius 3 is 2.09 bits per heavy atom. The van der Waals surface area contributed by atoms with E-state index in [0.29, 0.717) is 12.1 Å². The third-order valence-electron chi connectivity index (χ3n) is 4.19. The van der Waals surface area contributed by atoms with Crippen LogP contribution in [0.3, 0.4) is 0 Å². The lowest BCUT2D eigenvalue weighted by Crippen LogP contribution is -2.30. The first-order chi connectivity index (χ1) is 15.5. The molecule has 2 aromatic rings. The third-order valence-corrected chi connectivity index (χ3v) is 5.57. The zero-order valence-corrected chi connectivity index (χ0v) is 19.0. The van der Waals surface area contributed by atoms with Crippen molar-refractivity contribution in [2.24, 2.45) is 5.41 Å². The molecule has 0 heterocycles. The average molecular weight is 502 g/mol. The summed E-state index contributed by atoms with van der Waals surface area (Å²) < 4.78 is 72.0. The van der Waals surface area contributed by atoms with Crippen molar-refractivity contribution in [3.8, 4) is 5.75 Å². The maximum atomic E-state index is 13.1. The van der Waals surface area contributed by atoms with Gasteiger partial charge in [-0.15, -0.1) is 0 Å². The summed E-state index contributed by atoms with van der Waals surface area (Å²) in [4.78, 5) is 34.5. The Hall–Kier alpha value is -3.61. The molecule has 0 radical (unpaired) electrons. The summed E-state index contributed by atoms with van der Waals surface area (Å²) in [5.74, 6) is -3.03. The molecule has 0 aliphatic heterocycles. The van der Waals surface area contributed by atoms with Gasteiger partial charge in [0.1, 0.15) is 12.3 Å². The molecule has 0 aliphatic carbocycles. The number of carbonyl (C=O) groups is 3. The fourth-order valence-electron chi connectivity index (χ4n) is 2.40. The minimum atomic E-state index is -4.84. The van der Waals surface area contributed by atoms with E-state index in [-0.39, 0.29) is 5.75 Å². The Kier molecular flexibility index (Phi) is 7.61. The number of esters is 1. The summed E-state index contributed by atoms with van der Waals surface area (Å²) in [6.45, 7) is 4.03. The molecule has 3 N–H and O–H groups in total. The monoisotopic (exact) mass is 502 g/mol. The highest BCUT2D eigenvalue weighted by Crippen LogP contribution is 2.33. The SMILES string of the molecule is CC(C)(C)C(=O)Oc1ccc(S(=O)(=O)Nc2cc(C(F)(F)F)ccc2C(=O)NCC(=O)O)cc1. The molecule has 2 aromatic carbocycles. The number of benzene rings is 2. The smallest absolute Gasteiger partial charge is 0.416 e. The minimum Gasteiger partial charge on any atom is -0.480 e. The van der Waals surface area contributed by atoms with Gasteiger partial charge >= 0.3 is 18.1 Å². The number of hydrogen-bond acceptors (Lipinski definition) is 6. The number of ether oxygens (including phenoxy) is 1. The molecule has 0 unspecified atom stereocenters. The van der Waals surface area contributed by atoms with Crippen molar-refractivity contribution in [1.29, 1.82) is 0 Å². The minimum absolute atomic E-state index is 0.0479. The number of halogens is 3. The van der Waals surface area contributed by atoms with Crippen molar-refractivity contribution < 1.29 is 45.8 Å². The first kappa shape index (κ1) is 26.6. The van der Waals surface area contributed by atoms with Gasteiger partial charge in [0.25, 0.3) is 15.9 Å². The van der Waals surface area contributed by atoms with Crippen LogP contribution in [0, 0.1) is 5.41 Å². The summed E-state index contributed by atoms with van der Waals surface area (Å²) in [6.07, 6.45) is -4.84. The number of alkyl halides is 3. The fraction of sp³-hybridized carbons (Fsp3) is 0.286. The normalized spacial score (nSPS) is 12.1. The first-order valence-electron chi connectivity index (χ1n) is 9.57. The standard InChI is InChI=1S/C21H21F3N2O7S/c1-20(2,3)19(30)33-13-5-7-14(8-6-13)34(31,32)26-16-10-12(21(22,23)24)4-9-15(16)18(29)25-11-17(27)28/h4-10,26H,11H2,1-3H3,(H,25,29)(H,27,28). The number of carboxylic acids is 1. The van der Waals surface area contributed by atoms with Gasteiger partial charge in [-0.25, -0.2) is 8.42 Å². The van der Waals surface area contributed by atoms with E-state index in [9.17, 15) is 36.0 Å². The van der Waals surface area contributed by atoms with Crippen LogP contribution in [0.5, 0.6) is 5.75 Å². The maximum Gasteiger partial charge on any atom is 0.416 e. The van der Waals surface area contributed by atoms with Crippen molar-refractivity contribution in [1.82, 2.24) is 5.32 Å². The number of aliphatic carboxylic acids is 1. The van der Waals surface area contributed by atoms with E-state index in [1.807, 2.05) is 10.0 Å². The average Bonchev–Trinajstić information content (AvgIpc) is 2.70. The van der Waals surface area contributed by atoms with Crippen LogP contribution in [-0.2, 0) is 25.8 Å². The molecule has 184 valence electrons. The molecule has 0 bridgehead atoms. The maximum absolute atomic E-state index is 13.1. The van der Waals surface area contributed by atoms with Crippen LogP contribution in [0.15, 0.2) is 47.4 Å². The highest BCUT2D eigenvalue weighted by atomic mass is 32.2. The summed E-state index contributed by atoms with van der Waals surface area (Å²) in [6, 6.07) is 6.21. The topological polar surface area (TPSA) is 139 Å². The van der Waals surface area contributed by atoms with Crippen LogP contribution in [0.25, 0.3) is 0 Å². The highest BCUT2D eigenvalue weighted by molar-refractivity contribution is 7.92. The summed E-state index contributed by atoms with van der Waals surface area (Å²) in [5.41, 5.74) is -3.27. The Labute approximate surface area is 193 Å². The summed E-state index contributed by atoms with van der Waals surface area (Å²) in [7, 11) is -4.49. The second-order valence-corrected chi connectivity index (χ2v) is 9.73. The van der Waals surface area contributed by atoms with Crippen LogP contribution in [-0.4, -0.2) is 37.9 Å². The van der Waals surface area contributed by atoms with E-state index in [1.54, 1.807) is 20.8 Å². The largest absolute Gasteiger partial charge is 0.480 e. The van der Waals surface area contributed by atoms with Gasteiger partial charge in [-0.05, 0) is 63.2 Å². The molecular formula is C21H21F3N2O7S. The lowest BCUT2D eigenvalue weighted by atomic mass is 9.97. The van der Waals surface area contributed by atoms with Crippen LogP contribution < -0.4 is 14.8 Å². The molecule has 13 heteroatoms. The van der Waals surface area contributed by atoms with Crippen LogP contribution in [0.4, 0.5) is 18.9 Å². The molecule has 2 rings (SSSR count). The number of sulfonamides is 1. The van der Waals surface area contributed by atoms with Gasteiger partial charge in [0, 0.05) is 0 Å². The number of rotatable bonds is 7. The molecule has 0 spiro atoms. The lowest BCUT2D eigenvalue weighted by Gasteiger charge is -2.17. The summed E-state index contributed by atoms with van der Waals surface area (Å²) in [5, 5.41) is 10.6. The van der Waals surface area contributed by atoms with Gasteiger partial charge in [0.15, 0.2) is 0 Å². The zero-order chi connectivity index (χ0) is 25.9. The molecule has 0 saturated heterocycles. The van der Waals surface area contributed by atoms with Crippen molar-refractivity contribution in [3.63, 3.8) is 0 Å². The van der Waals surface area contributed by atoms with Gasteiger partial charge in [-0.3, -0.25) is 19.1 Å². The van der Waals surface area contributed by atoms with Crippen LogP contribution in [0.1, 0.15) is 36.7 Å². The van der Waals surface area contributed by atoms with E-state index in [0.717, 1.165) is 18.2 Å². The van der Waals surface area contributed by atoms with Crippen LogP contribution >= 0.6 is 0 Å². The lowest BCUT2D eigenvalue weighted by molar-refractivity contribution is -0.143. The van der Waals surface area contributed by atoms with Crippen molar-refractivity contribution in [2.45, 2.75) is 31.8 Å². The Morgan fingerprint density at radius 1 is 1.00 bits per heavy atom. The number of carboxylic acid groups (broad SMARTS) is 1. The zero-order valence-electron chi connectivity index (χ0n) is 18.2. The van der Waals surface area contributed by atoms with E-state index in [1.165, 1.54) is 12.1 Å². The molecule has 1 amide bonds.